The highest BCUT2D eigenvalue weighted by atomic mass is 19.1. The molecule has 4 heterocycles. The second-order valence-electron chi connectivity index (χ2n) is 8.26. The minimum absolute atomic E-state index is 0.196. The fraction of sp³-hybridized carbons (Fsp3) is 0.250. The van der Waals surface area contributed by atoms with Gasteiger partial charge in [0.2, 0.25) is 5.91 Å². The third-order valence-corrected chi connectivity index (χ3v) is 5.85. The van der Waals surface area contributed by atoms with Gasteiger partial charge in [-0.05, 0) is 56.2 Å². The predicted molar refractivity (Wildman–Crippen MR) is 121 cm³/mol. The summed E-state index contributed by atoms with van der Waals surface area (Å²) in [6.45, 7) is 2.57. The van der Waals surface area contributed by atoms with Crippen LogP contribution >= 0.6 is 0 Å². The lowest BCUT2D eigenvalue weighted by molar-refractivity contribution is -0.121. The average molecular weight is 462 g/mol. The van der Waals surface area contributed by atoms with Crippen molar-refractivity contribution in [2.24, 2.45) is 5.92 Å². The van der Waals surface area contributed by atoms with Crippen molar-refractivity contribution in [1.29, 1.82) is 0 Å². The lowest BCUT2D eigenvalue weighted by Gasteiger charge is -2.32. The summed E-state index contributed by atoms with van der Waals surface area (Å²) >= 11 is 0. The van der Waals surface area contributed by atoms with Crippen molar-refractivity contribution in [3.63, 3.8) is 0 Å². The van der Waals surface area contributed by atoms with E-state index in [-0.39, 0.29) is 30.1 Å². The Labute approximate surface area is 194 Å². The zero-order valence-corrected chi connectivity index (χ0v) is 18.5. The smallest absolute Gasteiger partial charge is 0.259 e. The van der Waals surface area contributed by atoms with E-state index in [0.29, 0.717) is 48.0 Å². The SMILES string of the molecule is Cc1cc(NC(=O)C2CCCN(C(=O)c3cnn(-c4ccc(F)cc4)c3-n3cccc3)C2)no1. The Kier molecular flexibility index (Phi) is 5.70. The van der Waals surface area contributed by atoms with Crippen molar-refractivity contribution in [1.82, 2.24) is 24.4 Å². The monoisotopic (exact) mass is 462 g/mol. The van der Waals surface area contributed by atoms with E-state index in [2.05, 4.69) is 15.6 Å². The van der Waals surface area contributed by atoms with E-state index in [1.807, 2.05) is 24.5 Å². The van der Waals surface area contributed by atoms with E-state index in [9.17, 15) is 14.0 Å². The molecule has 4 aromatic rings. The number of nitrogens with one attached hydrogen (secondary N) is 1. The molecule has 2 amide bonds. The van der Waals surface area contributed by atoms with E-state index in [1.54, 1.807) is 39.3 Å². The first kappa shape index (κ1) is 21.6. The molecule has 1 atom stereocenters. The summed E-state index contributed by atoms with van der Waals surface area (Å²) in [5.74, 6) is 0.384. The molecule has 0 aliphatic carbocycles. The van der Waals surface area contributed by atoms with E-state index in [0.717, 1.165) is 0 Å². The fourth-order valence-corrected chi connectivity index (χ4v) is 4.19. The molecule has 10 heteroatoms. The topological polar surface area (TPSA) is 98.2 Å². The highest BCUT2D eigenvalue weighted by Gasteiger charge is 2.32. The van der Waals surface area contributed by atoms with Crippen LogP contribution in [0.5, 0.6) is 0 Å². The Hall–Kier alpha value is -4.21. The van der Waals surface area contributed by atoms with Crippen LogP contribution in [0.3, 0.4) is 0 Å². The Balaban J connectivity index is 1.40. The molecule has 1 saturated heterocycles. The first-order chi connectivity index (χ1) is 16.5. The van der Waals surface area contributed by atoms with Gasteiger partial charge >= 0.3 is 0 Å². The summed E-state index contributed by atoms with van der Waals surface area (Å²) in [5.41, 5.74) is 1.02. The van der Waals surface area contributed by atoms with Gasteiger partial charge in [-0.2, -0.15) is 5.10 Å². The molecule has 3 aromatic heterocycles. The molecule has 9 nitrogen and oxygen atoms in total. The van der Waals surface area contributed by atoms with Crippen LogP contribution in [0.4, 0.5) is 10.2 Å². The zero-order valence-electron chi connectivity index (χ0n) is 18.5. The van der Waals surface area contributed by atoms with Crippen molar-refractivity contribution < 1.29 is 18.5 Å². The standard InChI is InChI=1S/C24H23FN6O3/c1-16-13-21(28-34-16)27-22(32)17-5-4-12-30(15-17)24(33)20-14-26-31(19-8-6-18(25)7-9-19)23(20)29-10-2-3-11-29/h2-3,6-11,13-14,17H,4-5,12,15H2,1H3,(H,27,28,32). The molecule has 1 fully saturated rings. The average Bonchev–Trinajstić information content (AvgIpc) is 3.60. The van der Waals surface area contributed by atoms with Crippen LogP contribution < -0.4 is 5.32 Å². The highest BCUT2D eigenvalue weighted by molar-refractivity contribution is 5.98. The number of amides is 2. The van der Waals surface area contributed by atoms with Gasteiger partial charge in [-0.15, -0.1) is 0 Å². The molecule has 34 heavy (non-hydrogen) atoms. The third-order valence-electron chi connectivity index (χ3n) is 5.85. The van der Waals surface area contributed by atoms with Crippen molar-refractivity contribution >= 4 is 17.6 Å². The maximum atomic E-state index is 13.6. The van der Waals surface area contributed by atoms with Crippen molar-refractivity contribution in [3.8, 4) is 11.5 Å². The predicted octanol–water partition coefficient (Wildman–Crippen LogP) is 3.59. The second-order valence-corrected chi connectivity index (χ2v) is 8.26. The number of nitrogens with zero attached hydrogens (tertiary/aromatic N) is 5. The summed E-state index contributed by atoms with van der Waals surface area (Å²) in [5, 5.41) is 11.0. The van der Waals surface area contributed by atoms with Gasteiger partial charge in [0.05, 0.1) is 17.8 Å². The summed E-state index contributed by atoms with van der Waals surface area (Å²) in [7, 11) is 0. The van der Waals surface area contributed by atoms with Gasteiger partial charge in [0.1, 0.15) is 17.1 Å². The lowest BCUT2D eigenvalue weighted by Crippen LogP contribution is -2.44. The highest BCUT2D eigenvalue weighted by Crippen LogP contribution is 2.25. The van der Waals surface area contributed by atoms with Gasteiger partial charge in [0.15, 0.2) is 11.6 Å². The van der Waals surface area contributed by atoms with Crippen LogP contribution in [0, 0.1) is 18.7 Å². The van der Waals surface area contributed by atoms with Gasteiger partial charge in [-0.3, -0.25) is 9.59 Å². The summed E-state index contributed by atoms with van der Waals surface area (Å²) < 4.78 is 21.9. The summed E-state index contributed by atoms with van der Waals surface area (Å²) in [6.07, 6.45) is 6.53. The number of hydrogen-bond acceptors (Lipinski definition) is 5. The number of rotatable bonds is 5. The first-order valence-electron chi connectivity index (χ1n) is 11.0. The third kappa shape index (κ3) is 4.21. The number of benzene rings is 1. The van der Waals surface area contributed by atoms with E-state index in [4.69, 9.17) is 4.52 Å². The number of piperidine rings is 1. The molecule has 1 aromatic carbocycles. The molecule has 1 aliphatic rings. The molecule has 0 spiro atoms. The molecule has 0 radical (unpaired) electrons. The Morgan fingerprint density at radius 1 is 1.18 bits per heavy atom. The number of hydrogen-bond donors (Lipinski definition) is 1. The van der Waals surface area contributed by atoms with Crippen LogP contribution in [-0.4, -0.2) is 49.3 Å². The Morgan fingerprint density at radius 2 is 1.94 bits per heavy atom. The lowest BCUT2D eigenvalue weighted by atomic mass is 9.96. The van der Waals surface area contributed by atoms with E-state index in [1.165, 1.54) is 18.3 Å². The molecular formula is C24H23FN6O3. The number of anilines is 1. The van der Waals surface area contributed by atoms with Crippen LogP contribution in [0.1, 0.15) is 29.0 Å². The minimum Gasteiger partial charge on any atom is -0.360 e. The maximum absolute atomic E-state index is 13.6. The first-order valence-corrected chi connectivity index (χ1v) is 11.0. The van der Waals surface area contributed by atoms with Gasteiger partial charge in [0, 0.05) is 31.5 Å². The molecule has 1 N–H and O–H groups in total. The Bertz CT molecular complexity index is 1310. The van der Waals surface area contributed by atoms with Crippen LogP contribution in [0.2, 0.25) is 0 Å². The van der Waals surface area contributed by atoms with Gasteiger partial charge in [-0.25, -0.2) is 9.07 Å². The molecule has 1 unspecified atom stereocenters. The van der Waals surface area contributed by atoms with E-state index >= 15 is 0 Å². The molecule has 174 valence electrons. The molecule has 0 bridgehead atoms. The molecule has 1 aliphatic heterocycles. The number of aromatic nitrogens is 4. The quantitative estimate of drug-likeness (QED) is 0.489. The van der Waals surface area contributed by atoms with Gasteiger partial charge in [0.25, 0.3) is 5.91 Å². The van der Waals surface area contributed by atoms with Crippen molar-refractivity contribution in [2.45, 2.75) is 19.8 Å². The van der Waals surface area contributed by atoms with Crippen LogP contribution in [-0.2, 0) is 4.79 Å². The zero-order chi connectivity index (χ0) is 23.7. The normalized spacial score (nSPS) is 15.9. The number of carbonyl (C=O) groups is 2. The second kappa shape index (κ2) is 8.97. The summed E-state index contributed by atoms with van der Waals surface area (Å²) in [4.78, 5) is 28.0. The van der Waals surface area contributed by atoms with E-state index < -0.39 is 0 Å². The van der Waals surface area contributed by atoms with Gasteiger partial charge < -0.3 is 19.3 Å². The number of aryl methyl sites for hydroxylation is 1. The molecular weight excluding hydrogens is 439 g/mol. The van der Waals surface area contributed by atoms with Gasteiger partial charge in [-0.1, -0.05) is 5.16 Å². The molecule has 5 rings (SSSR count). The largest absolute Gasteiger partial charge is 0.360 e. The fourth-order valence-electron chi connectivity index (χ4n) is 4.19. The van der Waals surface area contributed by atoms with Crippen molar-refractivity contribution in [2.75, 3.05) is 18.4 Å². The number of halogens is 1. The van der Waals surface area contributed by atoms with Crippen molar-refractivity contribution in [3.05, 3.63) is 78.2 Å². The van der Waals surface area contributed by atoms with Crippen LogP contribution in [0.25, 0.3) is 11.5 Å². The number of carbonyl (C=O) groups excluding carboxylic acids is 2. The maximum Gasteiger partial charge on any atom is 0.259 e. The number of likely N-dealkylation sites (tertiary alicyclic amines) is 1. The minimum atomic E-state index is -0.364. The Morgan fingerprint density at radius 3 is 2.65 bits per heavy atom. The summed E-state index contributed by atoms with van der Waals surface area (Å²) in [6, 6.07) is 11.3. The van der Waals surface area contributed by atoms with Crippen LogP contribution in [0.15, 0.2) is 65.6 Å². The molecule has 0 saturated carbocycles.